The predicted molar refractivity (Wildman–Crippen MR) is 89.2 cm³/mol. The van der Waals surface area contributed by atoms with Crippen molar-refractivity contribution < 1.29 is 4.52 Å². The standard InChI is InChI=1S/C14H15Cl2N3O.ClH/c1-9(17-2)5-13-18-14(20-19-13)4-3-10-6-11(15)8-12(16)7-10;/h3-4,6-9,17H,5H2,1-2H3;1H/b4-3+;. The van der Waals surface area contributed by atoms with E-state index >= 15 is 0 Å². The predicted octanol–water partition coefficient (Wildman–Crippen LogP) is 4.12. The van der Waals surface area contributed by atoms with Gasteiger partial charge in [0, 0.05) is 28.6 Å². The molecular formula is C14H16Cl3N3O. The van der Waals surface area contributed by atoms with Crippen LogP contribution in [0.15, 0.2) is 22.7 Å². The van der Waals surface area contributed by atoms with Gasteiger partial charge in [-0.15, -0.1) is 12.4 Å². The lowest BCUT2D eigenvalue weighted by Gasteiger charge is -2.04. The maximum atomic E-state index is 5.93. The summed E-state index contributed by atoms with van der Waals surface area (Å²) < 4.78 is 5.15. The van der Waals surface area contributed by atoms with Crippen molar-refractivity contribution in [3.05, 3.63) is 45.5 Å². The summed E-state index contributed by atoms with van der Waals surface area (Å²) in [5.74, 6) is 1.13. The van der Waals surface area contributed by atoms with Crippen molar-refractivity contribution >= 4 is 47.8 Å². The van der Waals surface area contributed by atoms with Crippen molar-refractivity contribution in [2.45, 2.75) is 19.4 Å². The van der Waals surface area contributed by atoms with Gasteiger partial charge < -0.3 is 9.84 Å². The zero-order valence-electron chi connectivity index (χ0n) is 11.6. The Morgan fingerprint density at radius 3 is 2.52 bits per heavy atom. The van der Waals surface area contributed by atoms with Gasteiger partial charge in [-0.1, -0.05) is 28.4 Å². The van der Waals surface area contributed by atoms with E-state index < -0.39 is 0 Å². The van der Waals surface area contributed by atoms with Crippen molar-refractivity contribution in [3.8, 4) is 0 Å². The summed E-state index contributed by atoms with van der Waals surface area (Å²) in [5, 5.41) is 8.22. The van der Waals surface area contributed by atoms with E-state index in [1.165, 1.54) is 0 Å². The molecule has 0 bridgehead atoms. The molecule has 0 amide bonds. The fraction of sp³-hybridized carbons (Fsp3) is 0.286. The van der Waals surface area contributed by atoms with E-state index in [9.17, 15) is 0 Å². The monoisotopic (exact) mass is 347 g/mol. The SMILES string of the molecule is CNC(C)Cc1noc(/C=C/c2cc(Cl)cc(Cl)c2)n1.Cl. The molecule has 0 saturated heterocycles. The number of benzene rings is 1. The maximum Gasteiger partial charge on any atom is 0.250 e. The second kappa shape index (κ2) is 8.39. The third kappa shape index (κ3) is 5.67. The number of likely N-dealkylation sites (N-methyl/N-ethyl adjacent to an activating group) is 1. The van der Waals surface area contributed by atoms with Crippen molar-refractivity contribution in [1.82, 2.24) is 15.5 Å². The minimum absolute atomic E-state index is 0. The Balaban J connectivity index is 0.00000220. The summed E-state index contributed by atoms with van der Waals surface area (Å²) >= 11 is 11.9. The minimum atomic E-state index is 0. The molecule has 114 valence electrons. The average molecular weight is 349 g/mol. The first kappa shape index (κ1) is 18.0. The van der Waals surface area contributed by atoms with Gasteiger partial charge in [0.1, 0.15) is 0 Å². The highest BCUT2D eigenvalue weighted by Gasteiger charge is 2.07. The van der Waals surface area contributed by atoms with Gasteiger partial charge in [-0.2, -0.15) is 4.98 Å². The molecule has 1 atom stereocenters. The molecule has 4 nitrogen and oxygen atoms in total. The fourth-order valence-corrected chi connectivity index (χ4v) is 2.18. The molecule has 0 saturated carbocycles. The normalized spacial score (nSPS) is 12.4. The lowest BCUT2D eigenvalue weighted by Crippen LogP contribution is -2.24. The highest BCUT2D eigenvalue weighted by atomic mass is 35.5. The van der Waals surface area contributed by atoms with Crippen LogP contribution in [0.3, 0.4) is 0 Å². The first-order valence-electron chi connectivity index (χ1n) is 6.21. The Labute approximate surface area is 139 Å². The Hall–Kier alpha value is -1.07. The Morgan fingerprint density at radius 2 is 1.90 bits per heavy atom. The molecule has 1 aromatic heterocycles. The molecule has 1 unspecified atom stereocenters. The second-order valence-corrected chi connectivity index (χ2v) is 5.35. The van der Waals surface area contributed by atoms with Crippen LogP contribution in [0.5, 0.6) is 0 Å². The van der Waals surface area contributed by atoms with E-state index in [4.69, 9.17) is 27.7 Å². The number of nitrogens with one attached hydrogen (secondary N) is 1. The van der Waals surface area contributed by atoms with Crippen LogP contribution in [0, 0.1) is 0 Å². The molecule has 7 heteroatoms. The van der Waals surface area contributed by atoms with Crippen LogP contribution in [0.25, 0.3) is 12.2 Å². The Bertz CT molecular complexity index is 593. The van der Waals surface area contributed by atoms with E-state index in [2.05, 4.69) is 22.4 Å². The number of hydrogen-bond acceptors (Lipinski definition) is 4. The number of aromatic nitrogens is 2. The van der Waals surface area contributed by atoms with Crippen LogP contribution >= 0.6 is 35.6 Å². The van der Waals surface area contributed by atoms with Crippen LogP contribution in [0.1, 0.15) is 24.2 Å². The largest absolute Gasteiger partial charge is 0.335 e. The molecular weight excluding hydrogens is 333 g/mol. The molecule has 0 aliphatic carbocycles. The summed E-state index contributed by atoms with van der Waals surface area (Å²) in [6, 6.07) is 5.61. The van der Waals surface area contributed by atoms with Crippen LogP contribution in [0.2, 0.25) is 10.0 Å². The number of hydrogen-bond donors (Lipinski definition) is 1. The first-order valence-corrected chi connectivity index (χ1v) is 6.96. The van der Waals surface area contributed by atoms with Crippen molar-refractivity contribution in [1.29, 1.82) is 0 Å². The van der Waals surface area contributed by atoms with E-state index in [1.807, 2.05) is 25.3 Å². The molecule has 2 aromatic rings. The average Bonchev–Trinajstić information content (AvgIpc) is 2.83. The van der Waals surface area contributed by atoms with Crippen LogP contribution in [-0.4, -0.2) is 23.2 Å². The highest BCUT2D eigenvalue weighted by Crippen LogP contribution is 2.20. The summed E-state index contributed by atoms with van der Waals surface area (Å²) in [6.07, 6.45) is 4.29. The summed E-state index contributed by atoms with van der Waals surface area (Å²) in [7, 11) is 1.90. The zero-order valence-corrected chi connectivity index (χ0v) is 14.0. The van der Waals surface area contributed by atoms with Gasteiger partial charge in [0.2, 0.25) is 0 Å². The van der Waals surface area contributed by atoms with Crippen molar-refractivity contribution in [2.24, 2.45) is 0 Å². The maximum absolute atomic E-state index is 5.93. The molecule has 2 rings (SSSR count). The summed E-state index contributed by atoms with van der Waals surface area (Å²) in [4.78, 5) is 4.29. The molecule has 0 aliphatic heterocycles. The number of rotatable bonds is 5. The third-order valence-electron chi connectivity index (χ3n) is 2.77. The van der Waals surface area contributed by atoms with Crippen LogP contribution < -0.4 is 5.32 Å². The Kier molecular flexibility index (Phi) is 7.18. The van der Waals surface area contributed by atoms with Gasteiger partial charge in [0.25, 0.3) is 5.89 Å². The van der Waals surface area contributed by atoms with E-state index in [0.717, 1.165) is 12.0 Å². The molecule has 1 aromatic carbocycles. The van der Waals surface area contributed by atoms with Crippen LogP contribution in [-0.2, 0) is 6.42 Å². The molecule has 0 radical (unpaired) electrons. The highest BCUT2D eigenvalue weighted by molar-refractivity contribution is 6.34. The summed E-state index contributed by atoms with van der Waals surface area (Å²) in [6.45, 7) is 2.06. The van der Waals surface area contributed by atoms with E-state index in [0.29, 0.717) is 27.8 Å². The molecule has 1 N–H and O–H groups in total. The smallest absolute Gasteiger partial charge is 0.250 e. The zero-order chi connectivity index (χ0) is 14.5. The molecule has 21 heavy (non-hydrogen) atoms. The van der Waals surface area contributed by atoms with Crippen molar-refractivity contribution in [2.75, 3.05) is 7.05 Å². The van der Waals surface area contributed by atoms with E-state index in [1.54, 1.807) is 12.1 Å². The topological polar surface area (TPSA) is 51.0 Å². The van der Waals surface area contributed by atoms with Gasteiger partial charge >= 0.3 is 0 Å². The lowest BCUT2D eigenvalue weighted by molar-refractivity contribution is 0.400. The quantitative estimate of drug-likeness (QED) is 0.883. The van der Waals surface area contributed by atoms with Gasteiger partial charge in [0.15, 0.2) is 5.82 Å². The Morgan fingerprint density at radius 1 is 1.24 bits per heavy atom. The number of halogens is 3. The second-order valence-electron chi connectivity index (χ2n) is 4.48. The van der Waals surface area contributed by atoms with Gasteiger partial charge in [-0.05, 0) is 43.8 Å². The van der Waals surface area contributed by atoms with Crippen LogP contribution in [0.4, 0.5) is 0 Å². The third-order valence-corrected chi connectivity index (χ3v) is 3.21. The van der Waals surface area contributed by atoms with Gasteiger partial charge in [-0.3, -0.25) is 0 Å². The molecule has 1 heterocycles. The molecule has 0 spiro atoms. The van der Waals surface area contributed by atoms with Gasteiger partial charge in [0.05, 0.1) is 0 Å². The molecule has 0 aliphatic rings. The van der Waals surface area contributed by atoms with E-state index in [-0.39, 0.29) is 12.4 Å². The van der Waals surface area contributed by atoms with Crippen molar-refractivity contribution in [3.63, 3.8) is 0 Å². The van der Waals surface area contributed by atoms with Gasteiger partial charge in [-0.25, -0.2) is 0 Å². The first-order chi connectivity index (χ1) is 9.56. The lowest BCUT2D eigenvalue weighted by atomic mass is 10.2. The molecule has 0 fully saturated rings. The number of nitrogens with zero attached hydrogens (tertiary/aromatic N) is 2. The minimum Gasteiger partial charge on any atom is -0.335 e. The fourth-order valence-electron chi connectivity index (χ4n) is 1.63. The summed E-state index contributed by atoms with van der Waals surface area (Å²) in [5.41, 5.74) is 0.880.